The maximum absolute atomic E-state index is 12.7. The minimum absolute atomic E-state index is 0.0927. The summed E-state index contributed by atoms with van der Waals surface area (Å²) < 4.78 is 32.0. The van der Waals surface area contributed by atoms with Crippen LogP contribution in [0.4, 0.5) is 0 Å². The highest BCUT2D eigenvalue weighted by Crippen LogP contribution is 2.24. The van der Waals surface area contributed by atoms with Crippen LogP contribution >= 0.6 is 0 Å². The number of rotatable bonds is 5. The number of nitrogens with zero attached hydrogens (tertiary/aromatic N) is 2. The molecule has 7 nitrogen and oxygen atoms in total. The van der Waals surface area contributed by atoms with E-state index in [9.17, 15) is 13.2 Å². The van der Waals surface area contributed by atoms with Crippen LogP contribution < -0.4 is 5.32 Å². The van der Waals surface area contributed by atoms with E-state index in [0.717, 1.165) is 0 Å². The van der Waals surface area contributed by atoms with Gasteiger partial charge in [-0.2, -0.15) is 9.57 Å². The van der Waals surface area contributed by atoms with Gasteiger partial charge in [-0.25, -0.2) is 8.42 Å². The van der Waals surface area contributed by atoms with Crippen LogP contribution in [-0.4, -0.2) is 31.7 Å². The second kappa shape index (κ2) is 7.72. The Morgan fingerprint density at radius 2 is 2.04 bits per heavy atom. The smallest absolute Gasteiger partial charge is 0.243 e. The monoisotopic (exact) mass is 373 g/mol. The van der Waals surface area contributed by atoms with Crippen LogP contribution in [0.25, 0.3) is 0 Å². The van der Waals surface area contributed by atoms with Crippen LogP contribution in [0.15, 0.2) is 52.0 Å². The van der Waals surface area contributed by atoms with Gasteiger partial charge in [0.05, 0.1) is 29.3 Å². The molecule has 8 heteroatoms. The zero-order chi connectivity index (χ0) is 18.6. The molecular weight excluding hydrogens is 354 g/mol. The molecule has 1 amide bonds. The van der Waals surface area contributed by atoms with Crippen LogP contribution in [0.3, 0.4) is 0 Å². The minimum Gasteiger partial charge on any atom is -0.467 e. The van der Waals surface area contributed by atoms with Crippen molar-refractivity contribution in [2.45, 2.75) is 24.3 Å². The fraction of sp³-hybridized carbons (Fsp3) is 0.333. The normalized spacial score (nSPS) is 16.1. The molecule has 2 heterocycles. The maximum Gasteiger partial charge on any atom is 0.243 e. The Morgan fingerprint density at radius 3 is 2.69 bits per heavy atom. The topological polar surface area (TPSA) is 103 Å². The number of hydrogen-bond donors (Lipinski definition) is 1. The lowest BCUT2D eigenvalue weighted by atomic mass is 9.97. The molecule has 0 bridgehead atoms. The summed E-state index contributed by atoms with van der Waals surface area (Å²) in [6.45, 7) is 0.876. The van der Waals surface area contributed by atoms with Crippen LogP contribution in [0.1, 0.15) is 24.2 Å². The second-order valence-corrected chi connectivity index (χ2v) is 8.05. The van der Waals surface area contributed by atoms with Crippen LogP contribution in [0.2, 0.25) is 0 Å². The van der Waals surface area contributed by atoms with Gasteiger partial charge in [0.2, 0.25) is 15.9 Å². The van der Waals surface area contributed by atoms with E-state index >= 15 is 0 Å². The molecule has 1 fully saturated rings. The average Bonchev–Trinajstić information content (AvgIpc) is 3.20. The van der Waals surface area contributed by atoms with Crippen LogP contribution in [-0.2, 0) is 21.4 Å². The molecule has 1 aliphatic rings. The van der Waals surface area contributed by atoms with Crippen molar-refractivity contribution in [1.29, 1.82) is 5.26 Å². The minimum atomic E-state index is -3.66. The van der Waals surface area contributed by atoms with Gasteiger partial charge in [0.1, 0.15) is 5.76 Å². The van der Waals surface area contributed by atoms with Crippen LogP contribution in [0.5, 0.6) is 0 Å². The first-order valence-electron chi connectivity index (χ1n) is 8.31. The summed E-state index contributed by atoms with van der Waals surface area (Å²) >= 11 is 0. The lowest BCUT2D eigenvalue weighted by Gasteiger charge is -2.30. The van der Waals surface area contributed by atoms with Gasteiger partial charge in [0.15, 0.2) is 0 Å². The van der Waals surface area contributed by atoms with Crippen molar-refractivity contribution in [3.63, 3.8) is 0 Å². The van der Waals surface area contributed by atoms with E-state index in [-0.39, 0.29) is 29.8 Å². The highest BCUT2D eigenvalue weighted by Gasteiger charge is 2.32. The Labute approximate surface area is 152 Å². The number of sulfonamides is 1. The van der Waals surface area contributed by atoms with Gasteiger partial charge in [-0.1, -0.05) is 6.07 Å². The number of benzene rings is 1. The molecule has 2 aromatic rings. The van der Waals surface area contributed by atoms with Gasteiger partial charge in [0, 0.05) is 19.0 Å². The van der Waals surface area contributed by atoms with Gasteiger partial charge >= 0.3 is 0 Å². The molecule has 1 aromatic heterocycles. The number of hydrogen-bond acceptors (Lipinski definition) is 5. The number of furan rings is 1. The summed E-state index contributed by atoms with van der Waals surface area (Å²) in [5.74, 6) is 0.363. The van der Waals surface area contributed by atoms with E-state index in [1.807, 2.05) is 6.07 Å². The van der Waals surface area contributed by atoms with Crippen molar-refractivity contribution in [3.05, 3.63) is 54.0 Å². The summed E-state index contributed by atoms with van der Waals surface area (Å²) in [5, 5.41) is 11.8. The number of amides is 1. The van der Waals surface area contributed by atoms with Crippen molar-refractivity contribution < 1.29 is 17.6 Å². The largest absolute Gasteiger partial charge is 0.467 e. The molecule has 3 rings (SSSR count). The second-order valence-electron chi connectivity index (χ2n) is 6.12. The molecule has 1 saturated heterocycles. The molecule has 0 saturated carbocycles. The zero-order valence-corrected chi connectivity index (χ0v) is 14.9. The molecule has 0 spiro atoms. The SMILES string of the molecule is N#Cc1cccc(S(=O)(=O)N2CCC(C(=O)NCc3ccco3)CC2)c1. The molecule has 1 aliphatic heterocycles. The first-order valence-corrected chi connectivity index (χ1v) is 9.75. The third kappa shape index (κ3) is 3.95. The third-order valence-electron chi connectivity index (χ3n) is 4.44. The molecule has 0 radical (unpaired) electrons. The van der Waals surface area contributed by atoms with Gasteiger partial charge in [-0.05, 0) is 43.2 Å². The molecule has 0 atom stereocenters. The quantitative estimate of drug-likeness (QED) is 0.862. The number of nitrogens with one attached hydrogen (secondary N) is 1. The summed E-state index contributed by atoms with van der Waals surface area (Å²) in [4.78, 5) is 12.4. The van der Waals surface area contributed by atoms with Crippen molar-refractivity contribution in [1.82, 2.24) is 9.62 Å². The number of piperidine rings is 1. The summed E-state index contributed by atoms with van der Waals surface area (Å²) in [6, 6.07) is 11.5. The lowest BCUT2D eigenvalue weighted by Crippen LogP contribution is -2.42. The van der Waals surface area contributed by atoms with E-state index < -0.39 is 10.0 Å². The molecule has 1 N–H and O–H groups in total. The highest BCUT2D eigenvalue weighted by molar-refractivity contribution is 7.89. The molecule has 0 unspecified atom stereocenters. The Hall–Kier alpha value is -2.63. The van der Waals surface area contributed by atoms with E-state index in [2.05, 4.69) is 5.32 Å². The van der Waals surface area contributed by atoms with E-state index in [1.54, 1.807) is 30.5 Å². The Bertz CT molecular complexity index is 908. The number of nitriles is 1. The first-order chi connectivity index (χ1) is 12.5. The number of carbonyl (C=O) groups is 1. The van der Waals surface area contributed by atoms with Crippen LogP contribution in [0, 0.1) is 17.2 Å². The molecule has 26 heavy (non-hydrogen) atoms. The van der Waals surface area contributed by atoms with Gasteiger partial charge in [-0.3, -0.25) is 4.79 Å². The predicted octanol–water partition coefficient (Wildman–Crippen LogP) is 1.87. The molecular formula is C18H19N3O4S. The fourth-order valence-corrected chi connectivity index (χ4v) is 4.48. The third-order valence-corrected chi connectivity index (χ3v) is 6.34. The molecule has 1 aromatic carbocycles. The molecule has 136 valence electrons. The summed E-state index contributed by atoms with van der Waals surface area (Å²) in [5.41, 5.74) is 0.304. The Morgan fingerprint density at radius 1 is 1.27 bits per heavy atom. The zero-order valence-electron chi connectivity index (χ0n) is 14.1. The van der Waals surface area contributed by atoms with Crippen molar-refractivity contribution in [2.75, 3.05) is 13.1 Å². The van der Waals surface area contributed by atoms with Crippen molar-refractivity contribution in [2.24, 2.45) is 5.92 Å². The first kappa shape index (κ1) is 18.2. The highest BCUT2D eigenvalue weighted by atomic mass is 32.2. The van der Waals surface area contributed by atoms with E-state index in [0.29, 0.717) is 30.7 Å². The summed E-state index contributed by atoms with van der Waals surface area (Å²) in [6.07, 6.45) is 2.47. The van der Waals surface area contributed by atoms with E-state index in [1.165, 1.54) is 16.4 Å². The van der Waals surface area contributed by atoms with Gasteiger partial charge in [0.25, 0.3) is 0 Å². The Kier molecular flexibility index (Phi) is 5.40. The van der Waals surface area contributed by atoms with Crippen molar-refractivity contribution >= 4 is 15.9 Å². The number of carbonyl (C=O) groups excluding carboxylic acids is 1. The Balaban J connectivity index is 1.58. The average molecular weight is 373 g/mol. The predicted molar refractivity (Wildman–Crippen MR) is 93.2 cm³/mol. The van der Waals surface area contributed by atoms with E-state index in [4.69, 9.17) is 9.68 Å². The maximum atomic E-state index is 12.7. The van der Waals surface area contributed by atoms with Gasteiger partial charge < -0.3 is 9.73 Å². The lowest BCUT2D eigenvalue weighted by molar-refractivity contribution is -0.126. The fourth-order valence-electron chi connectivity index (χ4n) is 2.97. The molecule has 0 aliphatic carbocycles. The summed E-state index contributed by atoms with van der Waals surface area (Å²) in [7, 11) is -3.66. The van der Waals surface area contributed by atoms with Gasteiger partial charge in [-0.15, -0.1) is 0 Å². The standard InChI is InChI=1S/C18H19N3O4S/c19-12-14-3-1-5-17(11-14)26(23,24)21-8-6-15(7-9-21)18(22)20-13-16-4-2-10-25-16/h1-5,10-11,15H,6-9,13H2,(H,20,22). The van der Waals surface area contributed by atoms with Crippen molar-refractivity contribution in [3.8, 4) is 6.07 Å².